The Balaban J connectivity index is 1.14. The van der Waals surface area contributed by atoms with Gasteiger partial charge in [0.15, 0.2) is 23.5 Å². The maximum atomic E-state index is 13.5. The number of anilines is 1. The molecule has 292 valence electrons. The first-order chi connectivity index (χ1) is 25.3. The molecule has 3 aromatic rings. The molecule has 9 N–H and O–H groups in total. The van der Waals surface area contributed by atoms with E-state index in [4.69, 9.17) is 25.0 Å². The number of allylic oxidation sites excluding steroid dienone is 2. The topological polar surface area (TPSA) is 317 Å². The van der Waals surface area contributed by atoms with Crippen molar-refractivity contribution < 1.29 is 65.4 Å². The highest BCUT2D eigenvalue weighted by molar-refractivity contribution is 7.60. The summed E-state index contributed by atoms with van der Waals surface area (Å²) < 4.78 is 71.5. The molecular formula is C27H34BF2N9O13P2. The van der Waals surface area contributed by atoms with Crippen LogP contribution in [0.2, 0.25) is 0 Å². The molecule has 1 fully saturated rings. The number of nitrogens with two attached hydrogens (primary N) is 1. The Bertz CT molecular complexity index is 2170. The van der Waals surface area contributed by atoms with Crippen LogP contribution in [0.3, 0.4) is 0 Å². The number of nitrogens with zero attached hydrogens (tertiary/aromatic N) is 5. The number of aromatic nitrogens is 5. The standard InChI is InChI=1S/C27H34BF2N9O13P2/c1-13-9-14(2)39(28(29)30)17(13)10-16-4-3-15(35-16)5-6-19(40)32-7-8-33-27(43)51-22-18(11-49-54(47,48)52-53(44,45)46)50-25(21(22)41)38-12-34-20-23(38)36-26(31)37-24(20)42/h3-4,9-10,12,18,21-22,25,41H,5-8,11H2,1-2H3,(H,32,40)(H,33,43)(H,47,48)(H2,44,45,46)(H3,31,36,37,42)/b16-10-/t18-,21-,22-,25-/m1/s1. The van der Waals surface area contributed by atoms with Crippen LogP contribution in [0, 0.1) is 13.8 Å². The molecule has 54 heavy (non-hydrogen) atoms. The number of rotatable bonds is 15. The third kappa shape index (κ3) is 9.94. The number of aliphatic hydroxyl groups is 1. The van der Waals surface area contributed by atoms with E-state index in [2.05, 4.69) is 39.4 Å². The number of aryl methyl sites for hydroxylation is 2. The van der Waals surface area contributed by atoms with Crippen molar-refractivity contribution in [2.75, 3.05) is 25.4 Å². The monoisotopic (exact) mass is 803 g/mol. The Morgan fingerprint density at radius 1 is 1.19 bits per heavy atom. The summed E-state index contributed by atoms with van der Waals surface area (Å²) in [6.07, 6.45) is -1.55. The van der Waals surface area contributed by atoms with Crippen LogP contribution < -0.4 is 21.9 Å². The average Bonchev–Trinajstić information content (AvgIpc) is 3.82. The van der Waals surface area contributed by atoms with Gasteiger partial charge in [0.1, 0.15) is 12.2 Å². The van der Waals surface area contributed by atoms with E-state index in [0.717, 1.165) is 15.4 Å². The number of ether oxygens (including phenoxy) is 2. The van der Waals surface area contributed by atoms with Crippen molar-refractivity contribution in [2.24, 2.45) is 4.99 Å². The second-order valence-corrected chi connectivity index (χ2v) is 14.7. The van der Waals surface area contributed by atoms with Crippen LogP contribution in [0.25, 0.3) is 17.2 Å². The summed E-state index contributed by atoms with van der Waals surface area (Å²) in [6.45, 7) is 2.04. The minimum atomic E-state index is -5.49. The predicted octanol–water partition coefficient (Wildman–Crippen LogP) is 0.420. The smallest absolute Gasteiger partial charge is 0.440 e. The molecule has 1 unspecified atom stereocenters. The minimum Gasteiger partial charge on any atom is -0.440 e. The molecule has 2 aliphatic rings. The number of nitrogen functional groups attached to an aromatic ring is 1. The summed E-state index contributed by atoms with van der Waals surface area (Å²) in [4.78, 5) is 79.4. The lowest BCUT2D eigenvalue weighted by atomic mass is 10.1. The molecule has 0 bridgehead atoms. The number of aliphatic imine (C=N–C) groups is 1. The van der Waals surface area contributed by atoms with Crippen molar-refractivity contribution in [3.05, 3.63) is 57.5 Å². The number of phosphoric acid groups is 2. The first-order valence-corrected chi connectivity index (χ1v) is 18.8. The van der Waals surface area contributed by atoms with E-state index in [1.165, 1.54) is 6.08 Å². The number of aromatic amines is 1. The number of hydrogen-bond donors (Lipinski definition) is 8. The lowest BCUT2D eigenvalue weighted by molar-refractivity contribution is -0.120. The highest BCUT2D eigenvalue weighted by atomic mass is 31.3. The molecule has 5 heterocycles. The number of halogens is 2. The number of phosphoric ester groups is 1. The van der Waals surface area contributed by atoms with Gasteiger partial charge in [-0.05, 0) is 50.1 Å². The van der Waals surface area contributed by atoms with Crippen LogP contribution in [0.5, 0.6) is 0 Å². The van der Waals surface area contributed by atoms with Gasteiger partial charge >= 0.3 is 29.1 Å². The van der Waals surface area contributed by atoms with Crippen molar-refractivity contribution in [3.8, 4) is 0 Å². The number of fused-ring (bicyclic) bond motifs is 1. The van der Waals surface area contributed by atoms with Gasteiger partial charge < -0.3 is 50.1 Å². The number of nitrogens with one attached hydrogen (secondary N) is 3. The minimum absolute atomic E-state index is 0.0108. The van der Waals surface area contributed by atoms with Gasteiger partial charge in [0.25, 0.3) is 5.56 Å². The zero-order chi connectivity index (χ0) is 39.5. The Morgan fingerprint density at radius 3 is 2.61 bits per heavy atom. The van der Waals surface area contributed by atoms with Crippen LogP contribution in [-0.4, -0.2) is 107 Å². The third-order valence-corrected chi connectivity index (χ3v) is 10.0. The van der Waals surface area contributed by atoms with Crippen LogP contribution in [0.4, 0.5) is 19.4 Å². The van der Waals surface area contributed by atoms with E-state index in [1.54, 1.807) is 32.1 Å². The fourth-order valence-electron chi connectivity index (χ4n) is 5.61. The Morgan fingerprint density at radius 2 is 1.91 bits per heavy atom. The summed E-state index contributed by atoms with van der Waals surface area (Å²) in [5, 5.41) is 16.0. The molecule has 3 aromatic heterocycles. The zero-order valence-electron chi connectivity index (χ0n) is 28.2. The molecule has 0 aliphatic carbocycles. The molecule has 5 atom stereocenters. The quantitative estimate of drug-likeness (QED) is 0.0586. The van der Waals surface area contributed by atoms with Gasteiger partial charge in [-0.3, -0.25) is 37.3 Å². The molecule has 22 nitrogen and oxygen atoms in total. The summed E-state index contributed by atoms with van der Waals surface area (Å²) in [7, 11) is -13.6. The molecule has 2 aliphatic heterocycles. The SMILES string of the molecule is Cc1cc(C)n(B(F)F)c1/C=C1/C=CC(CCC(=O)NCCNC(=O)O[C@H]2[C@@H](O)[C@H](n3cnc4c(=O)[nH]c(N)nc43)O[C@@H]2COP(=O)(O)OP(=O)(O)O)=N1. The maximum Gasteiger partial charge on any atom is 0.677 e. The molecule has 0 saturated carbocycles. The maximum absolute atomic E-state index is 13.5. The number of carbonyl (C=O) groups excluding carboxylic acids is 2. The number of H-pyrrole nitrogens is 1. The molecule has 5 rings (SSSR count). The average molecular weight is 803 g/mol. The Kier molecular flexibility index (Phi) is 12.4. The third-order valence-electron chi connectivity index (χ3n) is 7.88. The second kappa shape index (κ2) is 16.4. The molecule has 2 amide bonds. The van der Waals surface area contributed by atoms with E-state index in [9.17, 15) is 42.1 Å². The first-order valence-electron chi connectivity index (χ1n) is 15.8. The highest BCUT2D eigenvalue weighted by Gasteiger charge is 2.49. The van der Waals surface area contributed by atoms with E-state index < -0.39 is 71.8 Å². The van der Waals surface area contributed by atoms with Crippen LogP contribution in [0.15, 0.2) is 40.0 Å². The predicted molar refractivity (Wildman–Crippen MR) is 184 cm³/mol. The highest BCUT2D eigenvalue weighted by Crippen LogP contribution is 2.57. The van der Waals surface area contributed by atoms with Crippen molar-refractivity contribution in [1.29, 1.82) is 0 Å². The molecular weight excluding hydrogens is 769 g/mol. The van der Waals surface area contributed by atoms with E-state index >= 15 is 0 Å². The van der Waals surface area contributed by atoms with Crippen molar-refractivity contribution in [3.63, 3.8) is 0 Å². The first kappa shape index (κ1) is 40.6. The number of alkyl carbamates (subject to hydrolysis) is 1. The van der Waals surface area contributed by atoms with E-state index in [-0.39, 0.29) is 43.0 Å². The fourth-order valence-corrected chi connectivity index (χ4v) is 7.21. The van der Waals surface area contributed by atoms with Crippen molar-refractivity contribution in [2.45, 2.75) is 51.2 Å². The molecule has 1 saturated heterocycles. The van der Waals surface area contributed by atoms with Gasteiger partial charge in [-0.2, -0.15) is 9.29 Å². The van der Waals surface area contributed by atoms with E-state index in [1.807, 2.05) is 0 Å². The van der Waals surface area contributed by atoms with Crippen molar-refractivity contribution >= 4 is 63.9 Å². The number of carbonyl (C=O) groups is 2. The van der Waals surface area contributed by atoms with Gasteiger partial charge in [0.2, 0.25) is 11.9 Å². The summed E-state index contributed by atoms with van der Waals surface area (Å²) in [5.41, 5.74) is 6.93. The number of imidazole rings is 1. The fraction of sp³-hybridized carbons (Fsp3) is 0.407. The molecule has 0 spiro atoms. The summed E-state index contributed by atoms with van der Waals surface area (Å²) in [5.74, 6) is -0.711. The van der Waals surface area contributed by atoms with Crippen LogP contribution in [0.1, 0.15) is 36.0 Å². The Labute approximate surface area is 303 Å². The second-order valence-electron chi connectivity index (χ2n) is 11.8. The van der Waals surface area contributed by atoms with Gasteiger partial charge in [-0.25, -0.2) is 18.9 Å². The number of aliphatic hydroxyl groups excluding tert-OH is 1. The molecule has 27 heteroatoms. The van der Waals surface area contributed by atoms with Crippen LogP contribution in [-0.2, 0) is 32.2 Å². The van der Waals surface area contributed by atoms with Gasteiger partial charge in [0, 0.05) is 36.6 Å². The lowest BCUT2D eigenvalue weighted by Gasteiger charge is -2.21. The zero-order valence-corrected chi connectivity index (χ0v) is 30.0. The van der Waals surface area contributed by atoms with Crippen LogP contribution >= 0.6 is 15.6 Å². The Hall–Kier alpha value is -4.58. The normalized spacial score (nSPS) is 21.7. The summed E-state index contributed by atoms with van der Waals surface area (Å²) in [6, 6.07) is 1.65. The van der Waals surface area contributed by atoms with E-state index in [0.29, 0.717) is 28.4 Å². The largest absolute Gasteiger partial charge is 0.677 e. The van der Waals surface area contributed by atoms with Gasteiger partial charge in [0.05, 0.1) is 18.6 Å². The number of hydrogen-bond acceptors (Lipinski definition) is 14. The molecule has 0 radical (unpaired) electrons. The summed E-state index contributed by atoms with van der Waals surface area (Å²) >= 11 is 0. The van der Waals surface area contributed by atoms with Gasteiger partial charge in [-0.15, -0.1) is 0 Å². The lowest BCUT2D eigenvalue weighted by Crippen LogP contribution is -2.42. The van der Waals surface area contributed by atoms with Crippen molar-refractivity contribution in [1.82, 2.24) is 34.6 Å². The van der Waals surface area contributed by atoms with Gasteiger partial charge in [-0.1, -0.05) is 0 Å². The number of amides is 2. The molecule has 0 aromatic carbocycles.